The molecule has 0 aliphatic heterocycles. The van der Waals surface area contributed by atoms with Gasteiger partial charge >= 0.3 is 0 Å². The van der Waals surface area contributed by atoms with Crippen LogP contribution >= 0.6 is 11.6 Å². The second-order valence-electron chi connectivity index (χ2n) is 7.45. The van der Waals surface area contributed by atoms with Crippen molar-refractivity contribution in [1.82, 2.24) is 0 Å². The van der Waals surface area contributed by atoms with Crippen LogP contribution in [-0.2, 0) is 6.42 Å². The van der Waals surface area contributed by atoms with Gasteiger partial charge in [0.2, 0.25) is 0 Å². The molecule has 0 heterocycles. The summed E-state index contributed by atoms with van der Waals surface area (Å²) in [5, 5.41) is 1.64. The molecule has 0 unspecified atom stereocenters. The van der Waals surface area contributed by atoms with Gasteiger partial charge in [0.1, 0.15) is 22.5 Å². The molecule has 0 spiro atoms. The van der Waals surface area contributed by atoms with Gasteiger partial charge in [0.05, 0.1) is 0 Å². The first-order valence-corrected chi connectivity index (χ1v) is 10.3. The minimum atomic E-state index is -0.914. The molecule has 0 bridgehead atoms. The van der Waals surface area contributed by atoms with Crippen molar-refractivity contribution in [3.63, 3.8) is 0 Å². The van der Waals surface area contributed by atoms with Crippen LogP contribution in [0.2, 0.25) is 5.02 Å². The molecule has 0 fully saturated rings. The predicted molar refractivity (Wildman–Crippen MR) is 118 cm³/mol. The highest BCUT2D eigenvalue weighted by molar-refractivity contribution is 6.31. The maximum absolute atomic E-state index is 14.8. The Bertz CT molecular complexity index is 1210. The number of halogens is 4. The lowest BCUT2D eigenvalue weighted by Gasteiger charge is -2.10. The van der Waals surface area contributed by atoms with Crippen molar-refractivity contribution in [3.05, 3.63) is 94.8 Å². The van der Waals surface area contributed by atoms with Crippen LogP contribution in [0.5, 0.6) is 0 Å². The van der Waals surface area contributed by atoms with Gasteiger partial charge in [-0.15, -0.1) is 0 Å². The predicted octanol–water partition coefficient (Wildman–Crippen LogP) is 8.59. The second kappa shape index (κ2) is 8.53. The molecule has 30 heavy (non-hydrogen) atoms. The van der Waals surface area contributed by atoms with Crippen molar-refractivity contribution in [2.75, 3.05) is 0 Å². The number of aryl methyl sites for hydroxylation is 1. The van der Waals surface area contributed by atoms with Crippen LogP contribution in [0.1, 0.15) is 25.3 Å². The van der Waals surface area contributed by atoms with Crippen molar-refractivity contribution in [2.45, 2.75) is 26.2 Å². The van der Waals surface area contributed by atoms with E-state index in [-0.39, 0.29) is 11.1 Å². The molecule has 0 nitrogen and oxygen atoms in total. The van der Waals surface area contributed by atoms with E-state index in [0.29, 0.717) is 5.56 Å². The molecule has 0 N–H and O–H groups in total. The zero-order valence-electron chi connectivity index (χ0n) is 16.5. The summed E-state index contributed by atoms with van der Waals surface area (Å²) in [4.78, 5) is 0. The lowest BCUT2D eigenvalue weighted by molar-refractivity contribution is 0.584. The lowest BCUT2D eigenvalue weighted by Crippen LogP contribution is -1.91. The molecule has 4 heteroatoms. The van der Waals surface area contributed by atoms with Crippen molar-refractivity contribution >= 4 is 22.4 Å². The van der Waals surface area contributed by atoms with E-state index in [4.69, 9.17) is 11.6 Å². The van der Waals surface area contributed by atoms with E-state index < -0.39 is 22.5 Å². The number of benzene rings is 4. The maximum atomic E-state index is 14.8. The highest BCUT2D eigenvalue weighted by atomic mass is 35.5. The second-order valence-corrected chi connectivity index (χ2v) is 7.83. The smallest absolute Gasteiger partial charge is 0.145 e. The first-order chi connectivity index (χ1) is 14.5. The molecule has 0 aliphatic rings. The Morgan fingerprint density at radius 1 is 0.667 bits per heavy atom. The van der Waals surface area contributed by atoms with Crippen LogP contribution in [0.3, 0.4) is 0 Å². The average Bonchev–Trinajstić information content (AvgIpc) is 2.75. The lowest BCUT2D eigenvalue weighted by atomic mass is 9.96. The van der Waals surface area contributed by atoms with Gasteiger partial charge in [0, 0.05) is 5.56 Å². The zero-order valence-corrected chi connectivity index (χ0v) is 17.2. The Hall–Kier alpha value is -2.78. The quantitative estimate of drug-likeness (QED) is 0.281. The molecular weight excluding hydrogens is 405 g/mol. The molecule has 0 radical (unpaired) electrons. The van der Waals surface area contributed by atoms with Crippen LogP contribution in [0.4, 0.5) is 13.2 Å². The van der Waals surface area contributed by atoms with E-state index in [1.54, 1.807) is 6.07 Å². The monoisotopic (exact) mass is 424 g/mol. The maximum Gasteiger partial charge on any atom is 0.145 e. The molecule has 0 aromatic heterocycles. The molecule has 4 rings (SSSR count). The SMILES string of the molecule is CCCCc1ccc2cc(-c3ccc(-c4cc(F)c(Cl)c(F)c4)c(F)c3)ccc2c1. The van der Waals surface area contributed by atoms with E-state index >= 15 is 0 Å². The van der Waals surface area contributed by atoms with Crippen LogP contribution in [0, 0.1) is 17.5 Å². The van der Waals surface area contributed by atoms with Crippen molar-refractivity contribution in [1.29, 1.82) is 0 Å². The summed E-state index contributed by atoms with van der Waals surface area (Å²) in [6.07, 6.45) is 3.39. The largest absolute Gasteiger partial charge is 0.206 e. The Kier molecular flexibility index (Phi) is 5.83. The first kappa shape index (κ1) is 20.5. The summed E-state index contributed by atoms with van der Waals surface area (Å²) in [5.74, 6) is -2.38. The van der Waals surface area contributed by atoms with E-state index in [1.807, 2.05) is 18.2 Å². The third-order valence-corrected chi connectivity index (χ3v) is 5.68. The fourth-order valence-electron chi connectivity index (χ4n) is 3.65. The molecule has 4 aromatic carbocycles. The third kappa shape index (κ3) is 4.08. The number of hydrogen-bond donors (Lipinski definition) is 0. The van der Waals surface area contributed by atoms with Gasteiger partial charge in [-0.3, -0.25) is 0 Å². The summed E-state index contributed by atoms with van der Waals surface area (Å²) in [6, 6.07) is 19.2. The number of rotatable bonds is 5. The molecule has 152 valence electrons. The van der Waals surface area contributed by atoms with Gasteiger partial charge in [-0.1, -0.05) is 67.4 Å². The Morgan fingerprint density at radius 3 is 1.97 bits per heavy atom. The Labute approximate surface area is 178 Å². The molecule has 0 amide bonds. The summed E-state index contributed by atoms with van der Waals surface area (Å²) in [7, 11) is 0. The van der Waals surface area contributed by atoms with Gasteiger partial charge in [0.15, 0.2) is 0 Å². The van der Waals surface area contributed by atoms with E-state index in [1.165, 1.54) is 17.7 Å². The van der Waals surface area contributed by atoms with Crippen molar-refractivity contribution < 1.29 is 13.2 Å². The standard InChI is InChI=1S/C26H20ClF3/c1-2-3-4-16-5-6-18-12-19(8-7-17(18)11-16)20-9-10-22(23(28)13-20)21-14-24(29)26(27)25(30)15-21/h5-15H,2-4H2,1H3. The molecule has 4 aromatic rings. The van der Waals surface area contributed by atoms with E-state index in [2.05, 4.69) is 25.1 Å². The highest BCUT2D eigenvalue weighted by Crippen LogP contribution is 2.32. The van der Waals surface area contributed by atoms with Crippen molar-refractivity contribution in [2.24, 2.45) is 0 Å². The Morgan fingerprint density at radius 2 is 1.27 bits per heavy atom. The topological polar surface area (TPSA) is 0 Å². The van der Waals surface area contributed by atoms with Crippen LogP contribution in [0.25, 0.3) is 33.0 Å². The third-order valence-electron chi connectivity index (χ3n) is 5.32. The summed E-state index contributed by atoms with van der Waals surface area (Å²) in [6.45, 7) is 2.18. The summed E-state index contributed by atoms with van der Waals surface area (Å²) in [5.41, 5.74) is 3.12. The van der Waals surface area contributed by atoms with Gasteiger partial charge in [-0.05, 0) is 70.1 Å². The fraction of sp³-hybridized carbons (Fsp3) is 0.154. The number of fused-ring (bicyclic) bond motifs is 1. The highest BCUT2D eigenvalue weighted by Gasteiger charge is 2.14. The molecular formula is C26H20ClF3. The fourth-order valence-corrected chi connectivity index (χ4v) is 3.76. The van der Waals surface area contributed by atoms with E-state index in [9.17, 15) is 13.2 Å². The van der Waals surface area contributed by atoms with Gasteiger partial charge in [0.25, 0.3) is 0 Å². The first-order valence-electron chi connectivity index (χ1n) is 9.94. The van der Waals surface area contributed by atoms with Gasteiger partial charge in [-0.25, -0.2) is 13.2 Å². The van der Waals surface area contributed by atoms with E-state index in [0.717, 1.165) is 47.7 Å². The summed E-state index contributed by atoms with van der Waals surface area (Å²) >= 11 is 5.52. The van der Waals surface area contributed by atoms with Crippen LogP contribution < -0.4 is 0 Å². The zero-order chi connectivity index (χ0) is 21.3. The normalized spacial score (nSPS) is 11.2. The van der Waals surface area contributed by atoms with Crippen LogP contribution in [0.15, 0.2) is 66.7 Å². The van der Waals surface area contributed by atoms with Gasteiger partial charge < -0.3 is 0 Å². The number of unbranched alkanes of at least 4 members (excludes halogenated alkanes) is 1. The minimum absolute atomic E-state index is 0.108. The van der Waals surface area contributed by atoms with Gasteiger partial charge in [-0.2, -0.15) is 0 Å². The molecule has 0 saturated heterocycles. The number of hydrogen-bond acceptors (Lipinski definition) is 0. The average molecular weight is 425 g/mol. The van der Waals surface area contributed by atoms with Crippen molar-refractivity contribution in [3.8, 4) is 22.3 Å². The Balaban J connectivity index is 1.68. The summed E-state index contributed by atoms with van der Waals surface area (Å²) < 4.78 is 42.3. The molecule has 0 saturated carbocycles. The van der Waals surface area contributed by atoms with Crippen LogP contribution in [-0.4, -0.2) is 0 Å². The molecule has 0 atom stereocenters. The minimum Gasteiger partial charge on any atom is -0.206 e. The molecule has 0 aliphatic carbocycles.